The zero-order chi connectivity index (χ0) is 16.1. The monoisotopic (exact) mass is 392 g/mol. The Kier molecular flexibility index (Phi) is 6.12. The summed E-state index contributed by atoms with van der Waals surface area (Å²) >= 11 is 5.35. The minimum absolute atomic E-state index is 1.05. The topological polar surface area (TPSA) is 16.1 Å². The summed E-state index contributed by atoms with van der Waals surface area (Å²) in [5, 5.41) is 3.41. The third kappa shape index (κ3) is 4.36. The Morgan fingerprint density at radius 2 is 2.00 bits per heavy atom. The lowest BCUT2D eigenvalue weighted by molar-refractivity contribution is 0.605. The Labute approximate surface area is 152 Å². The van der Waals surface area contributed by atoms with Crippen molar-refractivity contribution in [1.82, 2.24) is 4.98 Å². The van der Waals surface area contributed by atoms with E-state index in [0.29, 0.717) is 0 Å². The Hall–Kier alpha value is -0.870. The lowest BCUT2D eigenvalue weighted by atomic mass is 10.1. The van der Waals surface area contributed by atoms with E-state index in [9.17, 15) is 0 Å². The second kappa shape index (κ2) is 8.29. The molecule has 0 spiro atoms. The van der Waals surface area contributed by atoms with E-state index in [2.05, 4.69) is 51.3 Å². The van der Waals surface area contributed by atoms with Crippen LogP contribution in [0.1, 0.15) is 56.7 Å². The van der Waals surface area contributed by atoms with Crippen LogP contribution in [0.5, 0.6) is 0 Å². The number of fused-ring (bicyclic) bond motifs is 1. The first-order valence-corrected chi connectivity index (χ1v) is 10.5. The van der Waals surface area contributed by atoms with Crippen LogP contribution >= 0.6 is 27.3 Å². The summed E-state index contributed by atoms with van der Waals surface area (Å²) in [5.74, 6) is 0. The van der Waals surface area contributed by atoms with E-state index in [1.807, 2.05) is 0 Å². The van der Waals surface area contributed by atoms with Gasteiger partial charge < -0.3 is 4.90 Å². The molecule has 0 radical (unpaired) electrons. The van der Waals surface area contributed by atoms with E-state index >= 15 is 0 Å². The van der Waals surface area contributed by atoms with Crippen molar-refractivity contribution in [3.63, 3.8) is 0 Å². The molecule has 124 valence electrons. The number of hydrogen-bond donors (Lipinski definition) is 0. The van der Waals surface area contributed by atoms with Gasteiger partial charge in [-0.25, -0.2) is 4.98 Å². The highest BCUT2D eigenvalue weighted by atomic mass is 79.9. The van der Waals surface area contributed by atoms with Crippen molar-refractivity contribution in [3.05, 3.63) is 39.3 Å². The number of benzene rings is 1. The third-order valence-corrected chi connectivity index (χ3v) is 5.90. The van der Waals surface area contributed by atoms with Crippen molar-refractivity contribution >= 4 is 38.1 Å². The highest BCUT2D eigenvalue weighted by molar-refractivity contribution is 9.10. The number of aryl methyl sites for hydroxylation is 1. The molecule has 3 rings (SSSR count). The fourth-order valence-electron chi connectivity index (χ4n) is 3.19. The molecule has 0 fully saturated rings. The molecule has 1 aliphatic heterocycles. The fraction of sp³-hybridized carbons (Fsp3) is 0.526. The smallest absolute Gasteiger partial charge is 0.190 e. The average Bonchev–Trinajstić information content (AvgIpc) is 3.16. The van der Waals surface area contributed by atoms with Gasteiger partial charge in [-0.2, -0.15) is 0 Å². The first kappa shape index (κ1) is 17.0. The number of nitrogens with zero attached hydrogens (tertiary/aromatic N) is 2. The molecule has 1 aliphatic rings. The minimum Gasteiger partial charge on any atom is -0.317 e. The number of hydrogen-bond acceptors (Lipinski definition) is 3. The molecule has 0 N–H and O–H groups in total. The van der Waals surface area contributed by atoms with Gasteiger partial charge in [0, 0.05) is 22.1 Å². The third-order valence-electron chi connectivity index (χ3n) is 4.49. The molecule has 0 atom stereocenters. The van der Waals surface area contributed by atoms with E-state index in [1.54, 1.807) is 11.3 Å². The predicted molar refractivity (Wildman–Crippen MR) is 104 cm³/mol. The number of anilines is 2. The normalized spacial score (nSPS) is 13.6. The molecule has 2 nitrogen and oxygen atoms in total. The number of thiazole rings is 1. The number of rotatable bonds is 8. The SMILES string of the molecule is CCCCCCCCc1csc(N2CCc3cc(Br)ccc32)n1. The molecule has 0 amide bonds. The van der Waals surface area contributed by atoms with Crippen molar-refractivity contribution in [2.75, 3.05) is 11.4 Å². The van der Waals surface area contributed by atoms with Crippen LogP contribution in [0.15, 0.2) is 28.1 Å². The summed E-state index contributed by atoms with van der Waals surface area (Å²) in [6.07, 6.45) is 10.3. The van der Waals surface area contributed by atoms with Crippen LogP contribution in [-0.2, 0) is 12.8 Å². The maximum atomic E-state index is 4.88. The quantitative estimate of drug-likeness (QED) is 0.476. The Bertz CT molecular complexity index is 638. The molecule has 2 aromatic rings. The first-order valence-electron chi connectivity index (χ1n) is 8.78. The average molecular weight is 393 g/mol. The molecule has 0 saturated carbocycles. The molecule has 0 bridgehead atoms. The molecule has 23 heavy (non-hydrogen) atoms. The molecule has 1 aromatic carbocycles. The molecule has 4 heteroatoms. The van der Waals surface area contributed by atoms with Crippen LogP contribution in [0.3, 0.4) is 0 Å². The van der Waals surface area contributed by atoms with Crippen LogP contribution in [0.2, 0.25) is 0 Å². The Balaban J connectivity index is 1.54. The lowest BCUT2D eigenvalue weighted by Gasteiger charge is -2.15. The van der Waals surface area contributed by atoms with Crippen molar-refractivity contribution < 1.29 is 0 Å². The van der Waals surface area contributed by atoms with Gasteiger partial charge >= 0.3 is 0 Å². The van der Waals surface area contributed by atoms with Gasteiger partial charge in [-0.05, 0) is 43.0 Å². The summed E-state index contributed by atoms with van der Waals surface area (Å²) in [5.41, 5.74) is 4.02. The van der Waals surface area contributed by atoms with Gasteiger partial charge in [0.1, 0.15) is 0 Å². The molecule has 2 heterocycles. The van der Waals surface area contributed by atoms with Crippen LogP contribution in [0, 0.1) is 0 Å². The summed E-state index contributed by atoms with van der Waals surface area (Å²) in [6.45, 7) is 3.32. The van der Waals surface area contributed by atoms with E-state index in [-0.39, 0.29) is 0 Å². The fourth-order valence-corrected chi connectivity index (χ4v) is 4.50. The van der Waals surface area contributed by atoms with Gasteiger partial charge in [0.15, 0.2) is 5.13 Å². The zero-order valence-corrected chi connectivity index (χ0v) is 16.3. The highest BCUT2D eigenvalue weighted by Gasteiger charge is 2.22. The van der Waals surface area contributed by atoms with Crippen molar-refractivity contribution in [1.29, 1.82) is 0 Å². The zero-order valence-electron chi connectivity index (χ0n) is 13.9. The number of unbranched alkanes of at least 4 members (excludes halogenated alkanes) is 5. The van der Waals surface area contributed by atoms with Crippen LogP contribution < -0.4 is 4.90 Å². The second-order valence-corrected chi connectivity index (χ2v) is 8.07. The van der Waals surface area contributed by atoms with Crippen LogP contribution in [-0.4, -0.2) is 11.5 Å². The van der Waals surface area contributed by atoms with E-state index in [1.165, 1.54) is 59.9 Å². The van der Waals surface area contributed by atoms with Gasteiger partial charge in [0.25, 0.3) is 0 Å². The largest absolute Gasteiger partial charge is 0.317 e. The molecule has 0 aliphatic carbocycles. The van der Waals surface area contributed by atoms with E-state index in [4.69, 9.17) is 4.98 Å². The summed E-state index contributed by atoms with van der Waals surface area (Å²) in [6, 6.07) is 6.57. The maximum absolute atomic E-state index is 4.88. The van der Waals surface area contributed by atoms with Crippen molar-refractivity contribution in [2.45, 2.75) is 58.3 Å². The van der Waals surface area contributed by atoms with Crippen LogP contribution in [0.25, 0.3) is 0 Å². The predicted octanol–water partition coefficient (Wildman–Crippen LogP) is 6.50. The standard InChI is InChI=1S/C19H25BrN2S/c1-2-3-4-5-6-7-8-17-14-23-19(21-17)22-12-11-15-13-16(20)9-10-18(15)22/h9-10,13-14H,2-8,11-12H2,1H3. The Morgan fingerprint density at radius 3 is 2.87 bits per heavy atom. The summed E-state index contributed by atoms with van der Waals surface area (Å²) in [7, 11) is 0. The van der Waals surface area contributed by atoms with Crippen molar-refractivity contribution in [2.24, 2.45) is 0 Å². The molecular formula is C19H25BrN2S. The highest BCUT2D eigenvalue weighted by Crippen LogP contribution is 2.37. The second-order valence-electron chi connectivity index (χ2n) is 6.31. The Morgan fingerprint density at radius 1 is 1.17 bits per heavy atom. The molecule has 1 aromatic heterocycles. The number of aromatic nitrogens is 1. The summed E-state index contributed by atoms with van der Waals surface area (Å²) in [4.78, 5) is 7.25. The van der Waals surface area contributed by atoms with Crippen molar-refractivity contribution in [3.8, 4) is 0 Å². The first-order chi connectivity index (χ1) is 11.3. The maximum Gasteiger partial charge on any atom is 0.190 e. The minimum atomic E-state index is 1.05. The van der Waals surface area contributed by atoms with E-state index < -0.39 is 0 Å². The molecular weight excluding hydrogens is 368 g/mol. The summed E-state index contributed by atoms with van der Waals surface area (Å²) < 4.78 is 1.17. The van der Waals surface area contributed by atoms with Gasteiger partial charge in [-0.3, -0.25) is 0 Å². The van der Waals surface area contributed by atoms with Crippen LogP contribution in [0.4, 0.5) is 10.8 Å². The lowest BCUT2D eigenvalue weighted by Crippen LogP contribution is -2.12. The van der Waals surface area contributed by atoms with E-state index in [0.717, 1.165) is 24.5 Å². The van der Waals surface area contributed by atoms with Gasteiger partial charge in [0.05, 0.1) is 5.69 Å². The molecule has 0 saturated heterocycles. The van der Waals surface area contributed by atoms with Gasteiger partial charge in [-0.15, -0.1) is 11.3 Å². The van der Waals surface area contributed by atoms with Gasteiger partial charge in [-0.1, -0.05) is 55.0 Å². The number of halogens is 1. The van der Waals surface area contributed by atoms with Gasteiger partial charge in [0.2, 0.25) is 0 Å². The molecule has 0 unspecified atom stereocenters.